The monoisotopic (exact) mass is 503 g/mol. The summed E-state index contributed by atoms with van der Waals surface area (Å²) in [5, 5.41) is 2.08. The number of hydrogen-bond acceptors (Lipinski definition) is 5. The van der Waals surface area contributed by atoms with Crippen molar-refractivity contribution in [3.8, 4) is 16.9 Å². The van der Waals surface area contributed by atoms with Gasteiger partial charge in [0.15, 0.2) is 11.5 Å². The van der Waals surface area contributed by atoms with Crippen LogP contribution in [0.15, 0.2) is 96.0 Å². The summed E-state index contributed by atoms with van der Waals surface area (Å²) >= 11 is 0. The molecule has 0 spiro atoms. The van der Waals surface area contributed by atoms with Gasteiger partial charge >= 0.3 is 12.1 Å². The Kier molecular flexibility index (Phi) is 5.70. The van der Waals surface area contributed by atoms with Crippen LogP contribution in [0, 0.1) is 0 Å². The zero-order valence-electron chi connectivity index (χ0n) is 19.5. The molecule has 1 atom stereocenters. The van der Waals surface area contributed by atoms with Crippen LogP contribution in [0.25, 0.3) is 21.9 Å². The van der Waals surface area contributed by atoms with E-state index < -0.39 is 29.3 Å². The molecule has 0 aliphatic carbocycles. The van der Waals surface area contributed by atoms with Crippen LogP contribution in [0.4, 0.5) is 13.2 Å². The van der Waals surface area contributed by atoms with Crippen LogP contribution in [0.3, 0.4) is 0 Å². The number of rotatable bonds is 4. The Bertz CT molecular complexity index is 1580. The molecule has 1 aliphatic heterocycles. The minimum Gasteiger partial charge on any atom is -0.419 e. The van der Waals surface area contributed by atoms with Crippen molar-refractivity contribution in [2.75, 3.05) is 7.05 Å². The number of fused-ring (bicyclic) bond motifs is 1. The van der Waals surface area contributed by atoms with Crippen molar-refractivity contribution in [3.63, 3.8) is 0 Å². The Balaban J connectivity index is 1.69. The summed E-state index contributed by atoms with van der Waals surface area (Å²) in [5.41, 5.74) is 6.08. The molecule has 5 rings (SSSR count). The van der Waals surface area contributed by atoms with Crippen molar-refractivity contribution in [1.29, 1.82) is 0 Å². The lowest BCUT2D eigenvalue weighted by Gasteiger charge is -2.28. The molecule has 1 amide bonds. The van der Waals surface area contributed by atoms with Crippen molar-refractivity contribution in [3.05, 3.63) is 102 Å². The maximum Gasteiger partial charge on any atom is 0.491 e. The number of alkyl halides is 3. The molecule has 0 saturated carbocycles. The number of halogens is 3. The number of carbonyl (C=O) groups is 2. The van der Waals surface area contributed by atoms with Gasteiger partial charge in [-0.25, -0.2) is 9.79 Å². The van der Waals surface area contributed by atoms with Gasteiger partial charge in [-0.2, -0.15) is 13.2 Å². The Morgan fingerprint density at radius 2 is 1.57 bits per heavy atom. The van der Waals surface area contributed by atoms with E-state index in [-0.39, 0.29) is 11.5 Å². The molecule has 0 radical (unpaired) electrons. The van der Waals surface area contributed by atoms with E-state index >= 15 is 0 Å². The number of para-hydroxylation sites is 1. The molecule has 0 fully saturated rings. The first-order valence-corrected chi connectivity index (χ1v) is 11.2. The number of likely N-dealkylation sites (N-methyl/N-ethyl adjacent to an activating group) is 1. The van der Waals surface area contributed by atoms with Crippen molar-refractivity contribution in [1.82, 2.24) is 4.90 Å². The van der Waals surface area contributed by atoms with Crippen molar-refractivity contribution < 1.29 is 27.5 Å². The van der Waals surface area contributed by atoms with Crippen molar-refractivity contribution >= 4 is 28.6 Å². The first kappa shape index (κ1) is 24.1. The quantitative estimate of drug-likeness (QED) is 0.314. The van der Waals surface area contributed by atoms with E-state index in [1.807, 2.05) is 48.5 Å². The van der Waals surface area contributed by atoms with Gasteiger partial charge in [0.05, 0.1) is 0 Å². The second kappa shape index (κ2) is 8.77. The molecule has 0 bridgehead atoms. The lowest BCUT2D eigenvalue weighted by atomic mass is 9.81. The van der Waals surface area contributed by atoms with Crippen molar-refractivity contribution in [2.45, 2.75) is 11.7 Å². The molecular weight excluding hydrogens is 483 g/mol. The minimum absolute atomic E-state index is 0.0411. The second-order valence-corrected chi connectivity index (χ2v) is 8.57. The zero-order valence-corrected chi connectivity index (χ0v) is 19.5. The summed E-state index contributed by atoms with van der Waals surface area (Å²) in [7, 11) is 1.42. The van der Waals surface area contributed by atoms with E-state index in [4.69, 9.17) is 10.5 Å². The number of hydrogen-bond donors (Lipinski definition) is 1. The average Bonchev–Trinajstić information content (AvgIpc) is 3.13. The van der Waals surface area contributed by atoms with Crippen LogP contribution in [0.2, 0.25) is 0 Å². The fraction of sp³-hybridized carbons (Fsp3) is 0.107. The normalized spacial score (nSPS) is 17.7. The Morgan fingerprint density at radius 1 is 0.892 bits per heavy atom. The fourth-order valence-electron chi connectivity index (χ4n) is 4.47. The largest absolute Gasteiger partial charge is 0.491 e. The SMILES string of the molecule is CN1C(=O)C(c2cccc(-c3ccc4ccccc4c3)c2)(c2ccccc2OC(=O)C(F)(F)F)N=C1N. The molecular formula is C28H20F3N3O3. The molecule has 1 heterocycles. The van der Waals surface area contributed by atoms with Gasteiger partial charge in [-0.3, -0.25) is 9.69 Å². The lowest BCUT2D eigenvalue weighted by Crippen LogP contribution is -2.41. The average molecular weight is 503 g/mol. The highest BCUT2D eigenvalue weighted by Crippen LogP contribution is 2.44. The summed E-state index contributed by atoms with van der Waals surface area (Å²) in [6.45, 7) is 0. The lowest BCUT2D eigenvalue weighted by molar-refractivity contribution is -0.189. The summed E-state index contributed by atoms with van der Waals surface area (Å²) in [6.07, 6.45) is -5.23. The minimum atomic E-state index is -5.23. The number of carbonyl (C=O) groups excluding carboxylic acids is 2. The Hall–Kier alpha value is -4.66. The molecule has 1 aliphatic rings. The van der Waals surface area contributed by atoms with Gasteiger partial charge in [0.25, 0.3) is 5.91 Å². The van der Waals surface area contributed by atoms with Gasteiger partial charge < -0.3 is 10.5 Å². The number of nitrogens with zero attached hydrogens (tertiary/aromatic N) is 2. The smallest absolute Gasteiger partial charge is 0.419 e. The predicted octanol–water partition coefficient (Wildman–Crippen LogP) is 5.00. The number of nitrogens with two attached hydrogens (primary N) is 1. The van der Waals surface area contributed by atoms with Gasteiger partial charge in [0.1, 0.15) is 5.75 Å². The number of amides is 1. The van der Waals surface area contributed by atoms with E-state index in [9.17, 15) is 22.8 Å². The first-order valence-electron chi connectivity index (χ1n) is 11.2. The number of ether oxygens (including phenoxy) is 1. The van der Waals surface area contributed by atoms with Crippen LogP contribution in [-0.2, 0) is 15.1 Å². The third-order valence-electron chi connectivity index (χ3n) is 6.31. The van der Waals surface area contributed by atoms with E-state index in [1.54, 1.807) is 18.2 Å². The molecule has 37 heavy (non-hydrogen) atoms. The predicted molar refractivity (Wildman–Crippen MR) is 133 cm³/mol. The molecule has 4 aromatic carbocycles. The topological polar surface area (TPSA) is 85.0 Å². The van der Waals surface area contributed by atoms with Gasteiger partial charge in [-0.15, -0.1) is 0 Å². The van der Waals surface area contributed by atoms with Crippen molar-refractivity contribution in [2.24, 2.45) is 10.7 Å². The van der Waals surface area contributed by atoms with Gasteiger partial charge in [-0.05, 0) is 45.7 Å². The van der Waals surface area contributed by atoms with Gasteiger partial charge in [-0.1, -0.05) is 72.8 Å². The van der Waals surface area contributed by atoms with E-state index in [2.05, 4.69) is 4.99 Å². The summed E-state index contributed by atoms with van der Waals surface area (Å²) in [5.74, 6) is -3.58. The van der Waals surface area contributed by atoms with E-state index in [0.717, 1.165) is 26.8 Å². The molecule has 4 aromatic rings. The maximum atomic E-state index is 13.7. The van der Waals surface area contributed by atoms with Crippen LogP contribution in [0.1, 0.15) is 11.1 Å². The van der Waals surface area contributed by atoms with E-state index in [0.29, 0.717) is 5.56 Å². The highest BCUT2D eigenvalue weighted by Gasteiger charge is 2.52. The Morgan fingerprint density at radius 3 is 2.27 bits per heavy atom. The molecule has 186 valence electrons. The van der Waals surface area contributed by atoms with Gasteiger partial charge in [0, 0.05) is 12.6 Å². The van der Waals surface area contributed by atoms with E-state index in [1.165, 1.54) is 31.3 Å². The fourth-order valence-corrected chi connectivity index (χ4v) is 4.47. The molecule has 0 saturated heterocycles. The summed E-state index contributed by atoms with van der Waals surface area (Å²) in [4.78, 5) is 30.9. The summed E-state index contributed by atoms with van der Waals surface area (Å²) < 4.78 is 43.8. The second-order valence-electron chi connectivity index (χ2n) is 8.57. The van der Waals surface area contributed by atoms with Gasteiger partial charge in [0.2, 0.25) is 0 Å². The molecule has 1 unspecified atom stereocenters. The van der Waals surface area contributed by atoms with Crippen LogP contribution in [0.5, 0.6) is 5.75 Å². The number of guanidine groups is 1. The zero-order chi connectivity index (χ0) is 26.4. The maximum absolute atomic E-state index is 13.7. The number of esters is 1. The number of benzene rings is 4. The third-order valence-corrected chi connectivity index (χ3v) is 6.31. The Labute approximate surface area is 209 Å². The standard InChI is InChI=1S/C28H20F3N3O3/c1-34-24(35)27(33-26(34)32,22-11-4-5-12-23(22)37-25(36)28(29,30)31)21-10-6-9-19(16-21)20-14-13-17-7-2-3-8-18(17)15-20/h2-16H,1H3,(H2,32,33). The molecule has 6 nitrogen and oxygen atoms in total. The molecule has 9 heteroatoms. The van der Waals surface area contributed by atoms with Crippen LogP contribution in [-0.4, -0.2) is 36.0 Å². The highest BCUT2D eigenvalue weighted by atomic mass is 19.4. The third kappa shape index (κ3) is 4.08. The summed E-state index contributed by atoms with van der Waals surface area (Å²) in [6, 6.07) is 26.2. The highest BCUT2D eigenvalue weighted by molar-refractivity contribution is 6.09. The molecule has 2 N–H and O–H groups in total. The molecule has 0 aromatic heterocycles. The van der Waals surface area contributed by atoms with Crippen LogP contribution < -0.4 is 10.5 Å². The first-order chi connectivity index (χ1) is 17.6. The number of aliphatic imine (C=N–C) groups is 1. The van der Waals surface area contributed by atoms with Crippen LogP contribution >= 0.6 is 0 Å².